The normalized spacial score (nSPS) is 12.6. The van der Waals surface area contributed by atoms with Crippen LogP contribution in [0.3, 0.4) is 0 Å². The van der Waals surface area contributed by atoms with Gasteiger partial charge in [0.15, 0.2) is 0 Å². The predicted molar refractivity (Wildman–Crippen MR) is 135 cm³/mol. The Bertz CT molecular complexity index is 1120. The number of methoxy groups -OCH3 is 2. The summed E-state index contributed by atoms with van der Waals surface area (Å²) in [6, 6.07) is 24.0. The van der Waals surface area contributed by atoms with Crippen LogP contribution in [0.4, 0.5) is 0 Å². The summed E-state index contributed by atoms with van der Waals surface area (Å²) in [5.41, 5.74) is 3.52. The molecule has 0 fully saturated rings. The van der Waals surface area contributed by atoms with Gasteiger partial charge in [-0.15, -0.1) is 0 Å². The number of rotatable bonds is 9. The van der Waals surface area contributed by atoms with Gasteiger partial charge in [-0.25, -0.2) is 0 Å². The Balaban J connectivity index is 2.22. The highest BCUT2D eigenvalue weighted by atomic mass is 31.2. The smallest absolute Gasteiger partial charge is 0.138 e. The second kappa shape index (κ2) is 9.87. The molecule has 0 bridgehead atoms. The number of hydrogen-bond acceptors (Lipinski definition) is 3. The van der Waals surface area contributed by atoms with Crippen LogP contribution in [0.1, 0.15) is 23.6 Å². The van der Waals surface area contributed by atoms with Crippen LogP contribution in [-0.2, 0) is 4.52 Å². The highest BCUT2D eigenvalue weighted by Crippen LogP contribution is 2.61. The van der Waals surface area contributed by atoms with Crippen LogP contribution in [0, 0.1) is 0 Å². The summed E-state index contributed by atoms with van der Waals surface area (Å²) in [4.78, 5) is 0. The van der Waals surface area contributed by atoms with Crippen LogP contribution in [0.5, 0.6) is 11.5 Å². The molecule has 1 atom stereocenters. The minimum absolute atomic E-state index is 0.520. The Morgan fingerprint density at radius 3 is 2.00 bits per heavy atom. The van der Waals surface area contributed by atoms with Crippen molar-refractivity contribution in [3.8, 4) is 11.5 Å². The summed E-state index contributed by atoms with van der Waals surface area (Å²) in [5.74, 6) is 1.32. The zero-order chi connectivity index (χ0) is 22.4. The maximum Gasteiger partial charge on any atom is 0.138 e. The molecule has 0 saturated carbocycles. The van der Waals surface area contributed by atoms with E-state index in [2.05, 4.69) is 19.5 Å². The lowest BCUT2D eigenvalue weighted by Gasteiger charge is -2.29. The molecule has 0 aromatic heterocycles. The predicted octanol–water partition coefficient (Wildman–Crippen LogP) is 6.46. The van der Waals surface area contributed by atoms with E-state index in [9.17, 15) is 0 Å². The molecule has 31 heavy (non-hydrogen) atoms. The molecule has 0 saturated heterocycles. The van der Waals surface area contributed by atoms with Crippen molar-refractivity contribution in [1.29, 1.82) is 0 Å². The van der Waals surface area contributed by atoms with Crippen molar-refractivity contribution in [3.63, 3.8) is 0 Å². The Labute approximate surface area is 185 Å². The summed E-state index contributed by atoms with van der Waals surface area (Å²) in [6.07, 6.45) is 4.55. The fourth-order valence-corrected chi connectivity index (χ4v) is 5.91. The van der Waals surface area contributed by atoms with Crippen LogP contribution < -0.4 is 14.8 Å². The van der Waals surface area contributed by atoms with Gasteiger partial charge < -0.3 is 14.0 Å². The molecule has 0 N–H and O–H groups in total. The molecule has 0 spiro atoms. The zero-order valence-electron chi connectivity index (χ0n) is 18.4. The van der Waals surface area contributed by atoms with E-state index in [4.69, 9.17) is 14.0 Å². The minimum atomic E-state index is -2.47. The maximum absolute atomic E-state index is 6.28. The third-order valence-corrected chi connectivity index (χ3v) is 8.17. The molecule has 0 radical (unpaired) electrons. The van der Waals surface area contributed by atoms with Gasteiger partial charge in [-0.05, 0) is 30.2 Å². The summed E-state index contributed by atoms with van der Waals surface area (Å²) in [7, 11) is 0.824. The molecule has 160 valence electrons. The van der Waals surface area contributed by atoms with Gasteiger partial charge in [0.25, 0.3) is 0 Å². The summed E-state index contributed by atoms with van der Waals surface area (Å²) < 4.78 is 17.9. The maximum atomic E-state index is 6.28. The topological polar surface area (TPSA) is 27.7 Å². The van der Waals surface area contributed by atoms with Gasteiger partial charge in [0.1, 0.15) is 11.5 Å². The van der Waals surface area contributed by atoms with Crippen LogP contribution in [0.2, 0.25) is 0 Å². The SMILES string of the molecule is C=C(c1ccccc1)c1ccc(OC)c(C(=C)P(=C)(OCC)c2ccccc2)c1OC. The first kappa shape index (κ1) is 22.7. The first-order valence-corrected chi connectivity index (χ1v) is 12.0. The second-order valence-corrected chi connectivity index (χ2v) is 9.80. The lowest BCUT2D eigenvalue weighted by molar-refractivity contribution is 0.383. The van der Waals surface area contributed by atoms with Crippen molar-refractivity contribution in [2.45, 2.75) is 6.92 Å². The van der Waals surface area contributed by atoms with E-state index in [0.29, 0.717) is 18.1 Å². The minimum Gasteiger partial charge on any atom is -0.496 e. The first-order valence-electron chi connectivity index (χ1n) is 10.1. The molecule has 0 aliphatic rings. The Morgan fingerprint density at radius 1 is 0.839 bits per heavy atom. The Kier molecular flexibility index (Phi) is 7.22. The third-order valence-electron chi connectivity index (χ3n) is 5.24. The van der Waals surface area contributed by atoms with E-state index in [1.54, 1.807) is 14.2 Å². The number of hydrogen-bond donors (Lipinski definition) is 0. The fraction of sp³-hybridized carbons (Fsp3) is 0.148. The van der Waals surface area contributed by atoms with Gasteiger partial charge in [-0.3, -0.25) is 0 Å². The quantitative estimate of drug-likeness (QED) is 0.363. The lowest BCUT2D eigenvalue weighted by Crippen LogP contribution is -2.10. The molecule has 3 nitrogen and oxygen atoms in total. The summed E-state index contributed by atoms with van der Waals surface area (Å²) in [6.45, 7) is 11.3. The van der Waals surface area contributed by atoms with Crippen LogP contribution in [-0.4, -0.2) is 27.1 Å². The van der Waals surface area contributed by atoms with E-state index in [1.165, 1.54) is 0 Å². The Hall–Kier alpha value is -3.00. The number of benzene rings is 3. The molecular formula is C27H29O3P. The van der Waals surface area contributed by atoms with Crippen molar-refractivity contribution in [1.82, 2.24) is 0 Å². The third kappa shape index (κ3) is 4.39. The zero-order valence-corrected chi connectivity index (χ0v) is 19.3. The fourth-order valence-electron chi connectivity index (χ4n) is 3.63. The monoisotopic (exact) mass is 432 g/mol. The highest BCUT2D eigenvalue weighted by Gasteiger charge is 2.29. The van der Waals surface area contributed by atoms with E-state index in [1.807, 2.05) is 79.7 Å². The molecule has 0 amide bonds. The van der Waals surface area contributed by atoms with Crippen molar-refractivity contribution >= 4 is 29.6 Å². The van der Waals surface area contributed by atoms with E-state index in [0.717, 1.165) is 32.9 Å². The summed E-state index contributed by atoms with van der Waals surface area (Å²) in [5, 5.41) is 1.77. The first-order chi connectivity index (χ1) is 15.0. The van der Waals surface area contributed by atoms with E-state index < -0.39 is 7.11 Å². The van der Waals surface area contributed by atoms with Crippen LogP contribution >= 0.6 is 7.11 Å². The van der Waals surface area contributed by atoms with E-state index >= 15 is 0 Å². The van der Waals surface area contributed by atoms with Gasteiger partial charge >= 0.3 is 0 Å². The molecular weight excluding hydrogens is 403 g/mol. The van der Waals surface area contributed by atoms with E-state index in [-0.39, 0.29) is 0 Å². The van der Waals surface area contributed by atoms with Gasteiger partial charge in [0, 0.05) is 22.8 Å². The largest absolute Gasteiger partial charge is 0.496 e. The van der Waals surface area contributed by atoms with Crippen LogP contribution in [0.25, 0.3) is 10.9 Å². The molecule has 1 unspecified atom stereocenters. The van der Waals surface area contributed by atoms with Crippen molar-refractivity contribution in [2.24, 2.45) is 0 Å². The van der Waals surface area contributed by atoms with Crippen LogP contribution in [0.15, 0.2) is 86.0 Å². The molecule has 3 rings (SSSR count). The second-order valence-electron chi connectivity index (χ2n) is 7.01. The van der Waals surface area contributed by atoms with Gasteiger partial charge in [0.2, 0.25) is 0 Å². The van der Waals surface area contributed by atoms with Crippen molar-refractivity contribution in [3.05, 3.63) is 103 Å². The average molecular weight is 433 g/mol. The Morgan fingerprint density at radius 2 is 1.45 bits per heavy atom. The van der Waals surface area contributed by atoms with Crippen molar-refractivity contribution in [2.75, 3.05) is 20.8 Å². The molecule has 3 aromatic rings. The summed E-state index contributed by atoms with van der Waals surface area (Å²) >= 11 is 0. The molecule has 0 aliphatic heterocycles. The molecule has 0 aliphatic carbocycles. The van der Waals surface area contributed by atoms with Gasteiger partial charge in [-0.2, -0.15) is 0 Å². The molecule has 3 aromatic carbocycles. The lowest BCUT2D eigenvalue weighted by atomic mass is 9.96. The van der Waals surface area contributed by atoms with Crippen molar-refractivity contribution < 1.29 is 14.0 Å². The van der Waals surface area contributed by atoms with Gasteiger partial charge in [0.05, 0.1) is 26.9 Å². The highest BCUT2D eigenvalue weighted by molar-refractivity contribution is 7.85. The molecule has 0 heterocycles. The molecule has 4 heteroatoms. The van der Waals surface area contributed by atoms with Gasteiger partial charge in [-0.1, -0.05) is 80.1 Å². The number of ether oxygens (including phenoxy) is 2. The standard InChI is InChI=1S/C27H29O3P/c1-7-30-31(6,23-16-12-9-13-17-23)21(3)26-25(28-4)19-18-24(27(26)29-5)20(2)22-14-10-8-11-15-22/h8-19H,2-3,6-7H2,1,4-5H3. The average Bonchev–Trinajstić information content (AvgIpc) is 2.83.